The molecule has 0 aromatic heterocycles. The van der Waals surface area contributed by atoms with E-state index in [4.69, 9.17) is 32.3 Å². The zero-order chi connectivity index (χ0) is 30.7. The molecular weight excluding hydrogens is 532 g/mol. The lowest BCUT2D eigenvalue weighted by molar-refractivity contribution is 0.101. The molecule has 0 unspecified atom stereocenters. The highest BCUT2D eigenvalue weighted by Gasteiger charge is 2.37. The summed E-state index contributed by atoms with van der Waals surface area (Å²) in [5, 5.41) is 0. The molecule has 39 heavy (non-hydrogen) atoms. The van der Waals surface area contributed by atoms with E-state index in [0.717, 1.165) is 16.8 Å². The first-order valence-corrected chi connectivity index (χ1v) is 16.7. The number of nitrogens with two attached hydrogens (primary N) is 1. The van der Waals surface area contributed by atoms with Crippen molar-refractivity contribution in [3.63, 3.8) is 0 Å². The van der Waals surface area contributed by atoms with Gasteiger partial charge in [0.25, 0.3) is 0 Å². The normalized spacial score (nSPS) is 10.7. The van der Waals surface area contributed by atoms with Crippen LogP contribution in [0.2, 0.25) is 0 Å². The van der Waals surface area contributed by atoms with Gasteiger partial charge in [-0.1, -0.05) is 88.4 Å². The predicted molar refractivity (Wildman–Crippen MR) is 165 cm³/mol. The van der Waals surface area contributed by atoms with Crippen LogP contribution >= 0.6 is 0 Å². The first-order chi connectivity index (χ1) is 18.7. The van der Waals surface area contributed by atoms with E-state index in [1.54, 1.807) is 28.3 Å². The summed E-state index contributed by atoms with van der Waals surface area (Å²) in [7, 11) is 4.36. The Morgan fingerprint density at radius 1 is 0.641 bits per heavy atom. The maximum atomic E-state index is 10.6. The number of nitrogens with zero attached hydrogens (tertiary/aromatic N) is 1. The molecule has 224 valence electrons. The SMILES string of the molecule is CC.CC.CC(=O)c1ccccc1.CO[Si](CN)(OC)OC.CO[Si](CN=C(C)c1ccccc1)(OC)OC. The van der Waals surface area contributed by atoms with Crippen molar-refractivity contribution in [1.82, 2.24) is 0 Å². The van der Waals surface area contributed by atoms with Gasteiger partial charge in [0.2, 0.25) is 0 Å². The van der Waals surface area contributed by atoms with Crippen molar-refractivity contribution in [2.24, 2.45) is 10.7 Å². The number of hydrogen-bond donors (Lipinski definition) is 1. The lowest BCUT2D eigenvalue weighted by Crippen LogP contribution is -2.50. The Labute approximate surface area is 239 Å². The van der Waals surface area contributed by atoms with Gasteiger partial charge in [-0.25, -0.2) is 0 Å². The summed E-state index contributed by atoms with van der Waals surface area (Å²) in [4.78, 5) is 15.1. The minimum Gasteiger partial charge on any atom is -0.376 e. The van der Waals surface area contributed by atoms with Gasteiger partial charge in [-0.2, -0.15) is 0 Å². The van der Waals surface area contributed by atoms with Crippen molar-refractivity contribution < 1.29 is 31.4 Å². The van der Waals surface area contributed by atoms with Gasteiger partial charge in [0.15, 0.2) is 5.78 Å². The van der Waals surface area contributed by atoms with Crippen LogP contribution in [0.15, 0.2) is 65.7 Å². The van der Waals surface area contributed by atoms with E-state index in [2.05, 4.69) is 4.99 Å². The van der Waals surface area contributed by atoms with Crippen molar-refractivity contribution in [2.45, 2.75) is 41.5 Å². The molecule has 0 bridgehead atoms. The van der Waals surface area contributed by atoms with Gasteiger partial charge in [-0.15, -0.1) is 0 Å². The van der Waals surface area contributed by atoms with Crippen LogP contribution < -0.4 is 5.73 Å². The molecule has 2 N–H and O–H groups in total. The Balaban J connectivity index is -0.000000502. The zero-order valence-electron chi connectivity index (χ0n) is 26.1. The Kier molecular flexibility index (Phi) is 27.8. The second-order valence-corrected chi connectivity index (χ2v) is 12.9. The first kappa shape index (κ1) is 41.4. The van der Waals surface area contributed by atoms with E-state index in [9.17, 15) is 4.79 Å². The Bertz CT molecular complexity index is 824. The third-order valence-electron chi connectivity index (χ3n) is 5.00. The third-order valence-corrected chi connectivity index (χ3v) is 9.78. The van der Waals surface area contributed by atoms with E-state index >= 15 is 0 Å². The molecule has 0 aliphatic rings. The summed E-state index contributed by atoms with van der Waals surface area (Å²) < 4.78 is 30.8. The van der Waals surface area contributed by atoms with Crippen molar-refractivity contribution in [2.75, 3.05) is 55.0 Å². The van der Waals surface area contributed by atoms with Crippen LogP contribution in [-0.4, -0.2) is 84.1 Å². The number of hydrogen-bond acceptors (Lipinski definition) is 9. The fourth-order valence-corrected chi connectivity index (χ4v) is 4.92. The Morgan fingerprint density at radius 2 is 0.974 bits per heavy atom. The second-order valence-electron chi connectivity index (χ2n) is 6.98. The van der Waals surface area contributed by atoms with Gasteiger partial charge >= 0.3 is 17.6 Å². The van der Waals surface area contributed by atoms with Gasteiger partial charge in [0, 0.05) is 53.9 Å². The zero-order valence-corrected chi connectivity index (χ0v) is 28.1. The molecule has 0 aliphatic heterocycles. The van der Waals surface area contributed by atoms with Crippen LogP contribution in [0.1, 0.15) is 57.5 Å². The monoisotopic (exact) mass is 584 g/mol. The number of carbonyl (C=O) groups excluding carboxylic acids is 1. The summed E-state index contributed by atoms with van der Waals surface area (Å²) in [6, 6.07) is 19.2. The molecule has 0 aliphatic carbocycles. The van der Waals surface area contributed by atoms with Crippen LogP contribution in [0.4, 0.5) is 0 Å². The topological polar surface area (TPSA) is 111 Å². The lowest BCUT2D eigenvalue weighted by atomic mass is 10.1. The van der Waals surface area contributed by atoms with Crippen LogP contribution in [0.3, 0.4) is 0 Å². The number of Topliss-reactive ketones (excluding diaryl/α,β-unsaturated/α-hetero) is 1. The number of benzene rings is 2. The van der Waals surface area contributed by atoms with Gasteiger partial charge in [-0.3, -0.25) is 9.79 Å². The molecule has 9 nitrogen and oxygen atoms in total. The van der Waals surface area contributed by atoms with Gasteiger partial charge in [-0.05, 0) is 19.4 Å². The summed E-state index contributed by atoms with van der Waals surface area (Å²) >= 11 is 0. The van der Waals surface area contributed by atoms with Crippen LogP contribution in [0.25, 0.3) is 0 Å². The van der Waals surface area contributed by atoms with Gasteiger partial charge in [0.1, 0.15) is 6.17 Å². The Hall–Kier alpha value is -2.07. The maximum Gasteiger partial charge on any atom is 0.522 e. The highest BCUT2D eigenvalue weighted by Crippen LogP contribution is 2.08. The standard InChI is InChI=1S/C12H19NO3Si.C8H8O.C4H13NO3Si.2C2H6/c1-11(12-8-6-5-7-9-12)13-10-17(14-2,15-3)16-4;1-7(9)8-5-3-2-4-6-8;1-6-9(4-5,7-2)8-3;2*1-2/h5-9H,10H2,1-4H3;2-6H,1H3;4-5H2,1-3H3;2*1-2H3. The molecular formula is C28H52N2O7Si2. The molecule has 2 rings (SSSR count). The van der Waals surface area contributed by atoms with Crippen molar-refractivity contribution in [3.05, 3.63) is 71.8 Å². The molecule has 0 radical (unpaired) electrons. The van der Waals surface area contributed by atoms with E-state index in [-0.39, 0.29) is 5.78 Å². The number of carbonyl (C=O) groups is 1. The summed E-state index contributed by atoms with van der Waals surface area (Å²) in [5.41, 5.74) is 8.15. The molecule has 0 spiro atoms. The van der Waals surface area contributed by atoms with Gasteiger partial charge < -0.3 is 32.3 Å². The summed E-state index contributed by atoms with van der Waals surface area (Å²) in [6.45, 7) is 11.5. The van der Waals surface area contributed by atoms with E-state index < -0.39 is 17.6 Å². The average Bonchev–Trinajstić information content (AvgIpc) is 3.03. The summed E-state index contributed by atoms with van der Waals surface area (Å²) in [6.07, 6.45) is 0.744. The quantitative estimate of drug-likeness (QED) is 0.218. The minimum atomic E-state index is -2.60. The van der Waals surface area contributed by atoms with E-state index in [1.165, 1.54) is 21.3 Å². The molecule has 2 aromatic carbocycles. The largest absolute Gasteiger partial charge is 0.522 e. The highest BCUT2D eigenvalue weighted by molar-refractivity contribution is 6.61. The molecule has 2 aromatic rings. The second kappa shape index (κ2) is 26.2. The molecule has 0 fully saturated rings. The lowest BCUT2D eigenvalue weighted by Gasteiger charge is -2.22. The average molecular weight is 585 g/mol. The maximum absolute atomic E-state index is 10.6. The Morgan fingerprint density at radius 3 is 1.21 bits per heavy atom. The predicted octanol–water partition coefficient (Wildman–Crippen LogP) is 5.22. The molecule has 0 saturated carbocycles. The first-order valence-electron chi connectivity index (χ1n) is 12.9. The fraction of sp³-hybridized carbons (Fsp3) is 0.500. The summed E-state index contributed by atoms with van der Waals surface area (Å²) in [5.74, 6) is 0.121. The third kappa shape index (κ3) is 17.3. The molecule has 0 amide bonds. The molecule has 0 heterocycles. The van der Waals surface area contributed by atoms with Crippen molar-refractivity contribution in [3.8, 4) is 0 Å². The van der Waals surface area contributed by atoms with Crippen LogP contribution in [0.5, 0.6) is 0 Å². The van der Waals surface area contributed by atoms with Crippen molar-refractivity contribution in [1.29, 1.82) is 0 Å². The fourth-order valence-electron chi connectivity index (χ4n) is 2.60. The smallest absolute Gasteiger partial charge is 0.376 e. The van der Waals surface area contributed by atoms with E-state index in [0.29, 0.717) is 12.3 Å². The van der Waals surface area contributed by atoms with E-state index in [1.807, 2.05) is 95.3 Å². The molecule has 11 heteroatoms. The molecule has 0 atom stereocenters. The highest BCUT2D eigenvalue weighted by atomic mass is 28.4. The van der Waals surface area contributed by atoms with Crippen LogP contribution in [-0.2, 0) is 26.6 Å². The number of aliphatic imine (C=N–C) groups is 1. The van der Waals surface area contributed by atoms with Crippen molar-refractivity contribution >= 4 is 29.1 Å². The van der Waals surface area contributed by atoms with Crippen LogP contribution in [0, 0.1) is 0 Å². The van der Waals surface area contributed by atoms with Gasteiger partial charge in [0.05, 0.1) is 6.17 Å². The number of ketones is 1. The number of rotatable bonds is 11. The minimum absolute atomic E-state index is 0.121. The molecule has 0 saturated heterocycles.